The molecule has 0 atom stereocenters. The predicted octanol–water partition coefficient (Wildman–Crippen LogP) is 3.48. The van der Waals surface area contributed by atoms with E-state index >= 15 is 0 Å². The van der Waals surface area contributed by atoms with Gasteiger partial charge >= 0.3 is 0 Å². The number of rotatable bonds is 3. The fourth-order valence-electron chi connectivity index (χ4n) is 6.16. The van der Waals surface area contributed by atoms with Gasteiger partial charge in [0.1, 0.15) is 5.75 Å². The topological polar surface area (TPSA) is 43.8 Å². The molecule has 0 spiro atoms. The summed E-state index contributed by atoms with van der Waals surface area (Å²) in [5.41, 5.74) is 2.03. The van der Waals surface area contributed by atoms with Crippen LogP contribution in [0.2, 0.25) is 0 Å². The van der Waals surface area contributed by atoms with Crippen molar-refractivity contribution < 1.29 is 9.90 Å². The third kappa shape index (κ3) is 2.26. The van der Waals surface area contributed by atoms with E-state index in [4.69, 9.17) is 0 Å². The van der Waals surface area contributed by atoms with Gasteiger partial charge < -0.3 is 5.11 Å². The fraction of sp³-hybridized carbons (Fsp3) is 0.269. The van der Waals surface area contributed by atoms with E-state index in [2.05, 4.69) is 34.1 Å². The Morgan fingerprint density at radius 3 is 1.57 bits per heavy atom. The summed E-state index contributed by atoms with van der Waals surface area (Å²) in [6.45, 7) is 2.72. The summed E-state index contributed by atoms with van der Waals surface area (Å²) in [7, 11) is 0. The van der Waals surface area contributed by atoms with Crippen molar-refractivity contribution in [2.75, 3.05) is 26.2 Å². The Hall–Kier alpha value is -2.95. The van der Waals surface area contributed by atoms with Crippen molar-refractivity contribution in [1.82, 2.24) is 9.80 Å². The van der Waals surface area contributed by atoms with Crippen molar-refractivity contribution in [2.45, 2.75) is 17.0 Å². The molecule has 4 nitrogen and oxygen atoms in total. The maximum absolute atomic E-state index is 14.2. The molecule has 0 saturated carbocycles. The van der Waals surface area contributed by atoms with Crippen LogP contribution in [0.15, 0.2) is 84.9 Å². The number of hydrogen-bond donors (Lipinski definition) is 1. The monoisotopic (exact) mass is 396 g/mol. The first kappa shape index (κ1) is 17.9. The van der Waals surface area contributed by atoms with E-state index in [1.807, 2.05) is 54.6 Å². The highest BCUT2D eigenvalue weighted by Gasteiger charge is 2.66. The molecule has 150 valence electrons. The van der Waals surface area contributed by atoms with Gasteiger partial charge in [0.25, 0.3) is 0 Å². The van der Waals surface area contributed by atoms with Gasteiger partial charge in [-0.15, -0.1) is 0 Å². The van der Waals surface area contributed by atoms with Crippen molar-refractivity contribution in [3.05, 3.63) is 102 Å². The molecule has 4 saturated heterocycles. The van der Waals surface area contributed by atoms with Crippen molar-refractivity contribution in [3.63, 3.8) is 0 Å². The molecule has 4 fully saturated rings. The van der Waals surface area contributed by atoms with Gasteiger partial charge in [0.2, 0.25) is 0 Å². The molecule has 0 radical (unpaired) electrons. The summed E-state index contributed by atoms with van der Waals surface area (Å²) >= 11 is 0. The Labute approximate surface area is 176 Å². The lowest BCUT2D eigenvalue weighted by atomic mass is 9.56. The zero-order valence-corrected chi connectivity index (χ0v) is 16.7. The van der Waals surface area contributed by atoms with E-state index in [1.165, 1.54) is 0 Å². The molecule has 1 N–H and O–H groups in total. The van der Waals surface area contributed by atoms with Gasteiger partial charge in [-0.05, 0) is 17.2 Å². The number of piperidine rings is 2. The number of nitrogens with zero attached hydrogens (tertiary/aromatic N) is 2. The molecular formula is C26H24N2O2. The molecular weight excluding hydrogens is 372 g/mol. The SMILES string of the molecule is O=C1C2(c3ccccc3)CN3CC1(c1ccccc1)CN(C2)C3c1ccccc1O. The van der Waals surface area contributed by atoms with Gasteiger partial charge in [0, 0.05) is 31.7 Å². The molecule has 0 aliphatic carbocycles. The second-order valence-electron chi connectivity index (χ2n) is 8.97. The van der Waals surface area contributed by atoms with Crippen molar-refractivity contribution in [3.8, 4) is 5.75 Å². The van der Waals surface area contributed by atoms with Crippen molar-refractivity contribution in [2.24, 2.45) is 0 Å². The van der Waals surface area contributed by atoms with E-state index in [0.29, 0.717) is 37.7 Å². The van der Waals surface area contributed by atoms with Crippen LogP contribution < -0.4 is 0 Å². The number of benzene rings is 3. The number of phenols is 1. The van der Waals surface area contributed by atoms with E-state index in [-0.39, 0.29) is 6.17 Å². The number of para-hydroxylation sites is 1. The molecule has 0 unspecified atom stereocenters. The maximum Gasteiger partial charge on any atom is 0.159 e. The van der Waals surface area contributed by atoms with Gasteiger partial charge in [0.15, 0.2) is 5.78 Å². The minimum absolute atomic E-state index is 0.00651. The first-order valence-corrected chi connectivity index (χ1v) is 10.6. The molecule has 4 bridgehead atoms. The summed E-state index contributed by atoms with van der Waals surface area (Å²) in [5, 5.41) is 10.6. The third-order valence-corrected chi connectivity index (χ3v) is 7.32. The molecule has 7 rings (SSSR count). The molecule has 4 heteroatoms. The molecule has 0 amide bonds. The molecule has 4 heterocycles. The largest absolute Gasteiger partial charge is 0.508 e. The number of carbonyl (C=O) groups is 1. The van der Waals surface area contributed by atoms with E-state index in [9.17, 15) is 9.90 Å². The highest BCUT2D eigenvalue weighted by molar-refractivity contribution is 6.02. The highest BCUT2D eigenvalue weighted by Crippen LogP contribution is 2.54. The standard InChI is InChI=1S/C26H24N2O2/c29-22-14-8-7-13-21(22)23-27-15-25(19-9-3-1-4-10-19)16-28(23)18-26(17-27,24(25)30)20-11-5-2-6-12-20/h1-14,23,29H,15-18H2. The predicted molar refractivity (Wildman–Crippen MR) is 115 cm³/mol. The van der Waals surface area contributed by atoms with Gasteiger partial charge in [0.05, 0.1) is 17.0 Å². The van der Waals surface area contributed by atoms with E-state index in [0.717, 1.165) is 16.7 Å². The number of Topliss-reactive ketones (excluding diaryl/α,β-unsaturated/α-hetero) is 1. The first-order chi connectivity index (χ1) is 14.6. The highest BCUT2D eigenvalue weighted by atomic mass is 16.3. The summed E-state index contributed by atoms with van der Waals surface area (Å²) in [6.07, 6.45) is -0.00651. The number of aromatic hydroxyl groups is 1. The summed E-state index contributed by atoms with van der Waals surface area (Å²) < 4.78 is 0. The molecule has 30 heavy (non-hydrogen) atoms. The maximum atomic E-state index is 14.2. The van der Waals surface area contributed by atoms with Gasteiger partial charge in [-0.2, -0.15) is 0 Å². The Morgan fingerprint density at radius 2 is 1.10 bits per heavy atom. The minimum atomic E-state index is -0.547. The minimum Gasteiger partial charge on any atom is -0.508 e. The quantitative estimate of drug-likeness (QED) is 0.736. The Balaban J connectivity index is 1.53. The lowest BCUT2D eigenvalue weighted by molar-refractivity contribution is -0.175. The first-order valence-electron chi connectivity index (χ1n) is 10.6. The number of hydrogen-bond acceptors (Lipinski definition) is 4. The molecule has 4 aliphatic heterocycles. The smallest absolute Gasteiger partial charge is 0.159 e. The molecule has 0 aromatic heterocycles. The zero-order valence-electron chi connectivity index (χ0n) is 16.7. The van der Waals surface area contributed by atoms with Gasteiger partial charge in [-0.1, -0.05) is 78.9 Å². The normalized spacial score (nSPS) is 34.3. The summed E-state index contributed by atoms with van der Waals surface area (Å²) in [4.78, 5) is 19.0. The van der Waals surface area contributed by atoms with Gasteiger partial charge in [-0.25, -0.2) is 0 Å². The lowest BCUT2D eigenvalue weighted by Gasteiger charge is -2.66. The Morgan fingerprint density at radius 1 is 0.667 bits per heavy atom. The van der Waals surface area contributed by atoms with Crippen LogP contribution in [0.25, 0.3) is 0 Å². The Bertz CT molecular complexity index is 1030. The average molecular weight is 396 g/mol. The van der Waals surface area contributed by atoms with Crippen LogP contribution in [0.3, 0.4) is 0 Å². The van der Waals surface area contributed by atoms with Crippen molar-refractivity contribution in [1.29, 1.82) is 0 Å². The number of ketones is 1. The van der Waals surface area contributed by atoms with Crippen LogP contribution in [0.4, 0.5) is 0 Å². The molecule has 4 aliphatic rings. The second kappa shape index (κ2) is 6.27. The third-order valence-electron chi connectivity index (χ3n) is 7.32. The van der Waals surface area contributed by atoms with Crippen LogP contribution in [0.1, 0.15) is 22.9 Å². The lowest BCUT2D eigenvalue weighted by Crippen LogP contribution is -2.79. The average Bonchev–Trinajstić information content (AvgIpc) is 2.78. The number of carbonyl (C=O) groups excluding carboxylic acids is 1. The van der Waals surface area contributed by atoms with E-state index < -0.39 is 10.8 Å². The van der Waals surface area contributed by atoms with Crippen LogP contribution in [-0.2, 0) is 15.6 Å². The summed E-state index contributed by atoms with van der Waals surface area (Å²) in [6, 6.07) is 28.1. The second-order valence-corrected chi connectivity index (χ2v) is 8.97. The number of phenolic OH excluding ortho intramolecular Hbond substituents is 1. The van der Waals surface area contributed by atoms with Crippen LogP contribution in [0.5, 0.6) is 5.75 Å². The van der Waals surface area contributed by atoms with Crippen LogP contribution in [0, 0.1) is 0 Å². The van der Waals surface area contributed by atoms with Gasteiger partial charge in [-0.3, -0.25) is 14.6 Å². The molecule has 3 aromatic carbocycles. The van der Waals surface area contributed by atoms with Crippen LogP contribution in [-0.4, -0.2) is 46.9 Å². The van der Waals surface area contributed by atoms with Crippen LogP contribution >= 0.6 is 0 Å². The molecule has 3 aromatic rings. The fourth-order valence-corrected chi connectivity index (χ4v) is 6.16. The Kier molecular flexibility index (Phi) is 3.74. The van der Waals surface area contributed by atoms with E-state index in [1.54, 1.807) is 6.07 Å². The van der Waals surface area contributed by atoms with Crippen molar-refractivity contribution >= 4 is 5.78 Å². The summed E-state index contributed by atoms with van der Waals surface area (Å²) in [5.74, 6) is 0.666. The zero-order chi connectivity index (χ0) is 20.3.